The molecule has 6 rings (SSSR count). The second-order valence-electron chi connectivity index (χ2n) is 9.93. The van der Waals surface area contributed by atoms with Gasteiger partial charge in [-0.05, 0) is 40.5 Å². The van der Waals surface area contributed by atoms with Crippen LogP contribution in [0.4, 0.5) is 5.69 Å². The highest BCUT2D eigenvalue weighted by Crippen LogP contribution is 2.42. The maximum atomic E-state index is 12.9. The van der Waals surface area contributed by atoms with E-state index in [9.17, 15) is 21.4 Å². The summed E-state index contributed by atoms with van der Waals surface area (Å²) in [6.45, 7) is 1.94. The molecule has 0 atom stereocenters. The highest BCUT2D eigenvalue weighted by atomic mass is 32.2. The topological polar surface area (TPSA) is 142 Å². The van der Waals surface area contributed by atoms with Gasteiger partial charge in [-0.25, -0.2) is 8.42 Å². The molecule has 0 amide bonds. The number of ether oxygens (including phenoxy) is 1. The second-order valence-corrected chi connectivity index (χ2v) is 12.8. The molecule has 2 heterocycles. The summed E-state index contributed by atoms with van der Waals surface area (Å²) in [5.41, 5.74) is 6.85. The van der Waals surface area contributed by atoms with Crippen LogP contribution >= 0.6 is 0 Å². The summed E-state index contributed by atoms with van der Waals surface area (Å²) in [4.78, 5) is 1.38. The first kappa shape index (κ1) is 29.5. The van der Waals surface area contributed by atoms with Gasteiger partial charge in [-0.2, -0.15) is 18.2 Å². The number of hydroxylamine groups is 1. The number of aromatic nitrogens is 1. The lowest BCUT2D eigenvalue weighted by Gasteiger charge is -2.18. The minimum absolute atomic E-state index is 0.0215. The smallest absolute Gasteiger partial charge is 0.380 e. The molecule has 0 spiro atoms. The molecule has 0 unspecified atom stereocenters. The van der Waals surface area contributed by atoms with Crippen molar-refractivity contribution in [3.05, 3.63) is 109 Å². The minimum atomic E-state index is -4.77. The fourth-order valence-corrected chi connectivity index (χ4v) is 6.42. The van der Waals surface area contributed by atoms with Crippen molar-refractivity contribution in [1.29, 1.82) is 0 Å². The van der Waals surface area contributed by atoms with Gasteiger partial charge < -0.3 is 13.7 Å². The SMILES string of the molecule is CCNOS(=O)(=O)CN1C(=Cc2oc3ccc(-c4ccccc4)cc3[n+]2CS(=O)(=O)[O-])Oc2ccc(-c3ccccc3)cc21. The van der Waals surface area contributed by atoms with Crippen LogP contribution < -0.4 is 19.7 Å². The zero-order valence-corrected chi connectivity index (χ0v) is 25.0. The van der Waals surface area contributed by atoms with Gasteiger partial charge in [0, 0.05) is 12.6 Å². The molecule has 4 aromatic carbocycles. The number of anilines is 1. The van der Waals surface area contributed by atoms with Gasteiger partial charge in [0.25, 0.3) is 5.52 Å². The van der Waals surface area contributed by atoms with Crippen LogP contribution in [0.5, 0.6) is 5.75 Å². The summed E-state index contributed by atoms with van der Waals surface area (Å²) in [6, 6.07) is 29.5. The van der Waals surface area contributed by atoms with E-state index in [1.54, 1.807) is 31.2 Å². The van der Waals surface area contributed by atoms with E-state index in [2.05, 4.69) is 5.48 Å². The third-order valence-electron chi connectivity index (χ3n) is 6.83. The summed E-state index contributed by atoms with van der Waals surface area (Å²) < 4.78 is 80.1. The van der Waals surface area contributed by atoms with E-state index in [4.69, 9.17) is 13.4 Å². The first-order valence-corrected chi connectivity index (χ1v) is 16.7. The molecule has 1 aliphatic rings. The number of hydrogen-bond donors (Lipinski definition) is 1. The monoisotopic (exact) mass is 633 g/mol. The van der Waals surface area contributed by atoms with E-state index >= 15 is 0 Å². The molecule has 1 aromatic heterocycles. The van der Waals surface area contributed by atoms with Crippen LogP contribution in [-0.2, 0) is 30.4 Å². The molecule has 1 N–H and O–H groups in total. The molecule has 11 nitrogen and oxygen atoms in total. The highest BCUT2D eigenvalue weighted by molar-refractivity contribution is 7.86. The molecule has 0 saturated heterocycles. The number of nitrogens with one attached hydrogen (secondary N) is 1. The number of fused-ring (bicyclic) bond motifs is 2. The predicted molar refractivity (Wildman–Crippen MR) is 163 cm³/mol. The predicted octanol–water partition coefficient (Wildman–Crippen LogP) is 4.58. The van der Waals surface area contributed by atoms with Crippen molar-refractivity contribution in [2.24, 2.45) is 0 Å². The van der Waals surface area contributed by atoms with Crippen molar-refractivity contribution >= 4 is 43.1 Å². The first-order chi connectivity index (χ1) is 21.1. The lowest BCUT2D eigenvalue weighted by Crippen LogP contribution is -2.39. The van der Waals surface area contributed by atoms with Gasteiger partial charge in [0.1, 0.15) is 6.08 Å². The van der Waals surface area contributed by atoms with Crippen molar-refractivity contribution in [2.75, 3.05) is 17.3 Å². The van der Waals surface area contributed by atoms with E-state index in [0.29, 0.717) is 22.5 Å². The van der Waals surface area contributed by atoms with Crippen LogP contribution in [-0.4, -0.2) is 33.8 Å². The molecule has 13 heteroatoms. The Bertz CT molecular complexity index is 2080. The van der Waals surface area contributed by atoms with Crippen molar-refractivity contribution < 1.29 is 39.4 Å². The second kappa shape index (κ2) is 11.9. The minimum Gasteiger partial charge on any atom is -0.743 e. The molecule has 0 fully saturated rings. The summed E-state index contributed by atoms with van der Waals surface area (Å²) >= 11 is 0. The summed E-state index contributed by atoms with van der Waals surface area (Å²) in [5.74, 6) is -1.22. The molecule has 226 valence electrons. The summed E-state index contributed by atoms with van der Waals surface area (Å²) in [6.07, 6.45) is 1.36. The van der Waals surface area contributed by atoms with Gasteiger partial charge in [0.15, 0.2) is 21.7 Å². The average Bonchev–Trinajstić information content (AvgIpc) is 3.52. The average molecular weight is 634 g/mol. The quantitative estimate of drug-likeness (QED) is 0.132. The van der Waals surface area contributed by atoms with E-state index in [1.807, 2.05) is 72.8 Å². The molecule has 5 aromatic rings. The Kier molecular flexibility index (Phi) is 7.97. The standard InChI is InChI=1S/C31H27N3O8S2/c1-2-32-42-44(38,39)21-34-27-18-25(23-11-7-4-8-12-23)14-16-29(27)41-31(34)19-30-33(20-43(35,36)37)26-17-24(13-15-28(26)40-30)22-9-5-3-6-10-22/h3-19,32H,2,20-21H2,1H3. The van der Waals surface area contributed by atoms with Crippen LogP contribution in [0.3, 0.4) is 0 Å². The van der Waals surface area contributed by atoms with Crippen molar-refractivity contribution in [2.45, 2.75) is 12.8 Å². The van der Waals surface area contributed by atoms with Crippen molar-refractivity contribution in [1.82, 2.24) is 5.48 Å². The van der Waals surface area contributed by atoms with Crippen LogP contribution in [0.2, 0.25) is 0 Å². The largest absolute Gasteiger partial charge is 0.743 e. The Balaban J connectivity index is 1.48. The zero-order chi connectivity index (χ0) is 30.9. The molecule has 1 aliphatic heterocycles. The van der Waals surface area contributed by atoms with Gasteiger partial charge in [-0.3, -0.25) is 4.90 Å². The Hall–Kier alpha value is -4.53. The van der Waals surface area contributed by atoms with Gasteiger partial charge in [-0.1, -0.05) is 79.7 Å². The van der Waals surface area contributed by atoms with Crippen LogP contribution in [0.15, 0.2) is 107 Å². The fraction of sp³-hybridized carbons (Fsp3) is 0.129. The lowest BCUT2D eigenvalue weighted by atomic mass is 10.0. The Morgan fingerprint density at radius 1 is 0.864 bits per heavy atom. The first-order valence-electron chi connectivity index (χ1n) is 13.6. The van der Waals surface area contributed by atoms with Crippen LogP contribution in [0, 0.1) is 0 Å². The normalized spacial score (nSPS) is 14.2. The Morgan fingerprint density at radius 2 is 1.50 bits per heavy atom. The fourth-order valence-electron chi connectivity index (χ4n) is 4.90. The molecule has 44 heavy (non-hydrogen) atoms. The third-order valence-corrected chi connectivity index (χ3v) is 8.35. The molecular formula is C31H27N3O8S2. The number of rotatable bonds is 10. The van der Waals surface area contributed by atoms with Crippen LogP contribution in [0.1, 0.15) is 12.8 Å². The molecule has 0 bridgehead atoms. The molecule has 0 aliphatic carbocycles. The molecular weight excluding hydrogens is 606 g/mol. The summed E-state index contributed by atoms with van der Waals surface area (Å²) in [5, 5.41) is 0. The van der Waals surface area contributed by atoms with E-state index in [-0.39, 0.29) is 18.3 Å². The number of hydrogen-bond acceptors (Lipinski definition) is 10. The maximum absolute atomic E-state index is 12.9. The van der Waals surface area contributed by atoms with Gasteiger partial charge in [-0.15, -0.1) is 4.57 Å². The van der Waals surface area contributed by atoms with Crippen molar-refractivity contribution in [3.63, 3.8) is 0 Å². The highest BCUT2D eigenvalue weighted by Gasteiger charge is 2.34. The zero-order valence-electron chi connectivity index (χ0n) is 23.4. The molecule has 0 radical (unpaired) electrons. The van der Waals surface area contributed by atoms with Crippen molar-refractivity contribution in [3.8, 4) is 28.0 Å². The van der Waals surface area contributed by atoms with Gasteiger partial charge in [0.2, 0.25) is 17.3 Å². The Morgan fingerprint density at radius 3 is 2.14 bits per heavy atom. The van der Waals surface area contributed by atoms with Gasteiger partial charge >= 0.3 is 16.0 Å². The van der Waals surface area contributed by atoms with Gasteiger partial charge in [0.05, 0.1) is 5.69 Å². The Labute approximate surface area is 254 Å². The van der Waals surface area contributed by atoms with E-state index < -0.39 is 32.0 Å². The maximum Gasteiger partial charge on any atom is 0.380 e. The number of nitrogens with zero attached hydrogens (tertiary/aromatic N) is 2. The lowest BCUT2D eigenvalue weighted by molar-refractivity contribution is -0.658. The third kappa shape index (κ3) is 6.37. The van der Waals surface area contributed by atoms with E-state index in [1.165, 1.54) is 15.5 Å². The van der Waals surface area contributed by atoms with Crippen LogP contribution in [0.25, 0.3) is 39.4 Å². The number of oxazole rings is 1. The van der Waals surface area contributed by atoms with E-state index in [0.717, 1.165) is 22.3 Å². The molecule has 0 saturated carbocycles. The number of benzene rings is 4. The summed E-state index contributed by atoms with van der Waals surface area (Å²) in [7, 11) is -8.93.